The molecule has 5 rings (SSSR count). The summed E-state index contributed by atoms with van der Waals surface area (Å²) >= 11 is 1.71. The smallest absolute Gasteiger partial charge is 0.273 e. The predicted molar refractivity (Wildman–Crippen MR) is 115 cm³/mol. The SMILES string of the molecule is CCC1(c2cc(=O)n3[nH]cc(-c4ccc(Sc5ccccc5)cc4)c3n2)OC(C)O1. The maximum absolute atomic E-state index is 12.7. The van der Waals surface area contributed by atoms with Crippen LogP contribution in [0.2, 0.25) is 0 Å². The summed E-state index contributed by atoms with van der Waals surface area (Å²) in [6.07, 6.45) is 2.08. The van der Waals surface area contributed by atoms with Gasteiger partial charge in [-0.3, -0.25) is 9.89 Å². The minimum Gasteiger partial charge on any atom is -0.315 e. The van der Waals surface area contributed by atoms with Crippen molar-refractivity contribution in [2.45, 2.75) is 42.1 Å². The highest BCUT2D eigenvalue weighted by atomic mass is 32.2. The van der Waals surface area contributed by atoms with Crippen LogP contribution >= 0.6 is 11.8 Å². The number of aromatic nitrogens is 3. The zero-order valence-corrected chi connectivity index (χ0v) is 17.5. The number of nitrogens with one attached hydrogen (secondary N) is 1. The Bertz CT molecular complexity index is 1240. The van der Waals surface area contributed by atoms with E-state index >= 15 is 0 Å². The lowest BCUT2D eigenvalue weighted by Crippen LogP contribution is -2.50. The van der Waals surface area contributed by atoms with Crippen molar-refractivity contribution in [1.82, 2.24) is 14.6 Å². The summed E-state index contributed by atoms with van der Waals surface area (Å²) in [5, 5.41) is 3.01. The van der Waals surface area contributed by atoms with E-state index in [1.54, 1.807) is 18.0 Å². The van der Waals surface area contributed by atoms with E-state index in [2.05, 4.69) is 29.4 Å². The molecule has 1 aliphatic rings. The number of hydrogen-bond acceptors (Lipinski definition) is 5. The van der Waals surface area contributed by atoms with Crippen molar-refractivity contribution in [3.63, 3.8) is 0 Å². The Kier molecular flexibility index (Phi) is 4.73. The third-order valence-corrected chi connectivity index (χ3v) is 6.23. The van der Waals surface area contributed by atoms with Crippen molar-refractivity contribution >= 4 is 17.4 Å². The Morgan fingerprint density at radius 2 is 1.80 bits per heavy atom. The van der Waals surface area contributed by atoms with Gasteiger partial charge in [-0.15, -0.1) is 0 Å². The molecule has 0 amide bonds. The topological polar surface area (TPSA) is 68.6 Å². The fourth-order valence-electron chi connectivity index (χ4n) is 3.73. The van der Waals surface area contributed by atoms with E-state index in [-0.39, 0.29) is 11.8 Å². The third kappa shape index (κ3) is 3.25. The molecule has 0 unspecified atom stereocenters. The van der Waals surface area contributed by atoms with Gasteiger partial charge in [0.2, 0.25) is 5.79 Å². The number of fused-ring (bicyclic) bond motifs is 1. The molecule has 1 fully saturated rings. The Morgan fingerprint density at radius 3 is 2.47 bits per heavy atom. The van der Waals surface area contributed by atoms with Gasteiger partial charge in [0.25, 0.3) is 5.56 Å². The minimum atomic E-state index is -0.946. The highest BCUT2D eigenvalue weighted by Gasteiger charge is 2.46. The molecule has 7 heteroatoms. The van der Waals surface area contributed by atoms with Gasteiger partial charge >= 0.3 is 0 Å². The van der Waals surface area contributed by atoms with E-state index in [0.717, 1.165) is 16.0 Å². The molecule has 0 saturated carbocycles. The van der Waals surface area contributed by atoms with Crippen LogP contribution in [-0.4, -0.2) is 20.9 Å². The fraction of sp³-hybridized carbons (Fsp3) is 0.217. The quantitative estimate of drug-likeness (QED) is 0.503. The average molecular weight is 420 g/mol. The number of nitrogens with zero attached hydrogens (tertiary/aromatic N) is 2. The minimum absolute atomic E-state index is 0.197. The van der Waals surface area contributed by atoms with E-state index < -0.39 is 5.79 Å². The van der Waals surface area contributed by atoms with E-state index in [9.17, 15) is 4.79 Å². The van der Waals surface area contributed by atoms with Crippen LogP contribution in [0.25, 0.3) is 16.8 Å². The molecule has 3 heterocycles. The number of ether oxygens (including phenoxy) is 2. The number of aromatic amines is 1. The van der Waals surface area contributed by atoms with E-state index in [4.69, 9.17) is 14.5 Å². The summed E-state index contributed by atoms with van der Waals surface area (Å²) in [7, 11) is 0. The Labute approximate surface area is 177 Å². The summed E-state index contributed by atoms with van der Waals surface area (Å²) in [4.78, 5) is 19.7. The van der Waals surface area contributed by atoms with Gasteiger partial charge in [-0.2, -0.15) is 0 Å². The molecule has 30 heavy (non-hydrogen) atoms. The monoisotopic (exact) mass is 419 g/mol. The highest BCUT2D eigenvalue weighted by molar-refractivity contribution is 7.99. The number of benzene rings is 2. The van der Waals surface area contributed by atoms with Crippen molar-refractivity contribution in [3.05, 3.63) is 82.9 Å². The molecule has 152 valence electrons. The third-order valence-electron chi connectivity index (χ3n) is 5.21. The Balaban J connectivity index is 1.51. The van der Waals surface area contributed by atoms with Gasteiger partial charge in [0.15, 0.2) is 11.9 Å². The van der Waals surface area contributed by atoms with Gasteiger partial charge in [-0.05, 0) is 36.8 Å². The molecule has 2 aromatic heterocycles. The van der Waals surface area contributed by atoms with Crippen molar-refractivity contribution in [2.24, 2.45) is 0 Å². The van der Waals surface area contributed by atoms with Crippen molar-refractivity contribution < 1.29 is 9.47 Å². The average Bonchev–Trinajstić information content (AvgIpc) is 3.17. The van der Waals surface area contributed by atoms with Gasteiger partial charge in [-0.1, -0.05) is 49.0 Å². The molecule has 2 aromatic carbocycles. The van der Waals surface area contributed by atoms with Crippen molar-refractivity contribution in [3.8, 4) is 11.1 Å². The second kappa shape index (κ2) is 7.43. The van der Waals surface area contributed by atoms with Crippen LogP contribution in [0.4, 0.5) is 0 Å². The standard InChI is InChI=1S/C23H21N3O3S/c1-3-23(28-15(2)29-23)20-13-21(27)26-22(25-20)19(14-24-26)16-9-11-18(12-10-16)30-17-7-5-4-6-8-17/h4-15,24H,3H2,1-2H3. The first kappa shape index (κ1) is 19.1. The molecule has 1 N–H and O–H groups in total. The van der Waals surface area contributed by atoms with Gasteiger partial charge in [0.05, 0.1) is 0 Å². The molecule has 1 saturated heterocycles. The molecule has 1 aliphatic heterocycles. The molecule has 0 spiro atoms. The molecular formula is C23H21N3O3S. The molecule has 6 nitrogen and oxygen atoms in total. The van der Waals surface area contributed by atoms with Crippen LogP contribution in [0.5, 0.6) is 0 Å². The van der Waals surface area contributed by atoms with Crippen molar-refractivity contribution in [1.29, 1.82) is 0 Å². The van der Waals surface area contributed by atoms with Crippen LogP contribution in [0.3, 0.4) is 0 Å². The summed E-state index contributed by atoms with van der Waals surface area (Å²) < 4.78 is 13.1. The van der Waals surface area contributed by atoms with Crippen LogP contribution in [0, 0.1) is 0 Å². The van der Waals surface area contributed by atoms with Gasteiger partial charge in [0.1, 0.15) is 5.69 Å². The second-order valence-corrected chi connectivity index (χ2v) is 8.32. The lowest BCUT2D eigenvalue weighted by atomic mass is 10.1. The van der Waals surface area contributed by atoms with E-state index in [1.807, 2.05) is 44.2 Å². The normalized spacial score (nSPS) is 20.9. The second-order valence-electron chi connectivity index (χ2n) is 7.18. The number of rotatable bonds is 5. The molecule has 0 atom stereocenters. The van der Waals surface area contributed by atoms with E-state index in [1.165, 1.54) is 15.5 Å². The lowest BCUT2D eigenvalue weighted by molar-refractivity contribution is -0.458. The fourth-order valence-corrected chi connectivity index (χ4v) is 4.57. The first-order chi connectivity index (χ1) is 14.6. The summed E-state index contributed by atoms with van der Waals surface area (Å²) in [5.41, 5.74) is 2.69. The maximum Gasteiger partial charge on any atom is 0.273 e. The molecule has 0 radical (unpaired) electrons. The largest absolute Gasteiger partial charge is 0.315 e. The molecule has 0 bridgehead atoms. The van der Waals surface area contributed by atoms with Crippen LogP contribution < -0.4 is 5.56 Å². The highest BCUT2D eigenvalue weighted by Crippen LogP contribution is 2.40. The van der Waals surface area contributed by atoms with Crippen LogP contribution in [0.1, 0.15) is 26.0 Å². The summed E-state index contributed by atoms with van der Waals surface area (Å²) in [6, 6.07) is 20.0. The first-order valence-electron chi connectivity index (χ1n) is 9.88. The van der Waals surface area contributed by atoms with Crippen LogP contribution in [0.15, 0.2) is 81.4 Å². The Hall–Kier alpha value is -2.87. The van der Waals surface area contributed by atoms with Gasteiger partial charge < -0.3 is 9.47 Å². The first-order valence-corrected chi connectivity index (χ1v) is 10.7. The molecule has 0 aliphatic carbocycles. The zero-order valence-electron chi connectivity index (χ0n) is 16.7. The van der Waals surface area contributed by atoms with Crippen LogP contribution in [-0.2, 0) is 15.3 Å². The number of H-pyrrole nitrogens is 1. The maximum atomic E-state index is 12.7. The van der Waals surface area contributed by atoms with Gasteiger partial charge in [0, 0.05) is 34.0 Å². The van der Waals surface area contributed by atoms with Crippen molar-refractivity contribution in [2.75, 3.05) is 0 Å². The zero-order chi connectivity index (χ0) is 20.7. The summed E-state index contributed by atoms with van der Waals surface area (Å²) in [6.45, 7) is 3.78. The number of hydrogen-bond donors (Lipinski definition) is 1. The Morgan fingerprint density at radius 1 is 1.10 bits per heavy atom. The van der Waals surface area contributed by atoms with Gasteiger partial charge in [-0.25, -0.2) is 9.50 Å². The lowest BCUT2D eigenvalue weighted by Gasteiger charge is -2.45. The molecule has 4 aromatic rings. The molecular weight excluding hydrogens is 398 g/mol. The summed E-state index contributed by atoms with van der Waals surface area (Å²) in [5.74, 6) is -0.946. The van der Waals surface area contributed by atoms with E-state index in [0.29, 0.717) is 17.8 Å². The predicted octanol–water partition coefficient (Wildman–Crippen LogP) is 4.80.